The SMILES string of the molecule is Clc1ccc(SCc2nc(NC3CCCCCC3)c3c4c(sc3n2)CCC4)cc1. The summed E-state index contributed by atoms with van der Waals surface area (Å²) >= 11 is 9.67. The number of fused-ring (bicyclic) bond motifs is 3. The highest BCUT2D eigenvalue weighted by Crippen LogP contribution is 2.40. The molecule has 152 valence electrons. The summed E-state index contributed by atoms with van der Waals surface area (Å²) in [4.78, 5) is 13.9. The summed E-state index contributed by atoms with van der Waals surface area (Å²) in [7, 11) is 0. The van der Waals surface area contributed by atoms with Crippen LogP contribution >= 0.6 is 34.7 Å². The molecule has 1 saturated carbocycles. The number of aryl methyl sites for hydroxylation is 2. The fourth-order valence-corrected chi connectivity index (χ4v) is 6.66. The summed E-state index contributed by atoms with van der Waals surface area (Å²) in [5.74, 6) is 2.79. The standard InChI is InChI=1S/C23H26ClN3S2/c24-15-10-12-17(13-11-15)28-14-20-26-22(25-16-6-3-1-2-4-7-16)21-18-8-5-9-19(18)29-23(21)27-20/h10-13,16H,1-9,14H2,(H,25,26,27). The number of nitrogens with zero attached hydrogens (tertiary/aromatic N) is 2. The topological polar surface area (TPSA) is 37.8 Å². The molecular weight excluding hydrogens is 418 g/mol. The van der Waals surface area contributed by atoms with Gasteiger partial charge in [0, 0.05) is 20.8 Å². The minimum Gasteiger partial charge on any atom is -0.367 e. The van der Waals surface area contributed by atoms with Gasteiger partial charge >= 0.3 is 0 Å². The second-order valence-electron chi connectivity index (χ2n) is 8.10. The quantitative estimate of drug-likeness (QED) is 0.332. The molecule has 0 radical (unpaired) electrons. The van der Waals surface area contributed by atoms with Gasteiger partial charge in [0.15, 0.2) is 0 Å². The maximum absolute atomic E-state index is 6.01. The molecule has 1 aromatic carbocycles. The Kier molecular flexibility index (Phi) is 5.98. The lowest BCUT2D eigenvalue weighted by atomic mass is 10.1. The van der Waals surface area contributed by atoms with Crippen molar-refractivity contribution in [1.82, 2.24) is 9.97 Å². The summed E-state index contributed by atoms with van der Waals surface area (Å²) < 4.78 is 0. The Hall–Kier alpha value is -1.30. The first-order chi connectivity index (χ1) is 14.3. The second kappa shape index (κ2) is 8.83. The van der Waals surface area contributed by atoms with Gasteiger partial charge in [0.25, 0.3) is 0 Å². The second-order valence-corrected chi connectivity index (χ2v) is 10.7. The van der Waals surface area contributed by atoms with E-state index in [1.165, 1.54) is 83.3 Å². The minimum atomic E-state index is 0.546. The highest BCUT2D eigenvalue weighted by atomic mass is 35.5. The summed E-state index contributed by atoms with van der Waals surface area (Å²) in [5.41, 5.74) is 1.51. The van der Waals surface area contributed by atoms with Crippen LogP contribution in [-0.4, -0.2) is 16.0 Å². The molecule has 6 heteroatoms. The van der Waals surface area contributed by atoms with Gasteiger partial charge in [-0.05, 0) is 61.9 Å². The first kappa shape index (κ1) is 19.7. The number of hydrogen-bond donors (Lipinski definition) is 1. The Morgan fingerprint density at radius 2 is 1.79 bits per heavy atom. The van der Waals surface area contributed by atoms with E-state index < -0.39 is 0 Å². The minimum absolute atomic E-state index is 0.546. The van der Waals surface area contributed by atoms with Crippen molar-refractivity contribution in [3.8, 4) is 0 Å². The summed E-state index contributed by atoms with van der Waals surface area (Å²) in [5, 5.41) is 5.94. The normalized spacial score (nSPS) is 17.4. The lowest BCUT2D eigenvalue weighted by Crippen LogP contribution is -2.20. The largest absolute Gasteiger partial charge is 0.367 e. The van der Waals surface area contributed by atoms with Crippen molar-refractivity contribution in [1.29, 1.82) is 0 Å². The van der Waals surface area contributed by atoms with Crippen LogP contribution in [0.3, 0.4) is 0 Å². The number of anilines is 1. The maximum atomic E-state index is 6.01. The molecule has 2 heterocycles. The van der Waals surface area contributed by atoms with E-state index in [2.05, 4.69) is 17.4 Å². The molecule has 0 amide bonds. The molecule has 1 fully saturated rings. The molecule has 3 aromatic rings. The number of rotatable bonds is 5. The van der Waals surface area contributed by atoms with Crippen LogP contribution < -0.4 is 5.32 Å². The van der Waals surface area contributed by atoms with Crippen LogP contribution in [0.5, 0.6) is 0 Å². The van der Waals surface area contributed by atoms with Crippen LogP contribution in [0.4, 0.5) is 5.82 Å². The van der Waals surface area contributed by atoms with Crippen molar-refractivity contribution in [3.05, 3.63) is 45.6 Å². The number of halogens is 1. The van der Waals surface area contributed by atoms with Gasteiger partial charge < -0.3 is 5.32 Å². The monoisotopic (exact) mass is 443 g/mol. The molecule has 1 N–H and O–H groups in total. The van der Waals surface area contributed by atoms with E-state index >= 15 is 0 Å². The van der Waals surface area contributed by atoms with E-state index in [-0.39, 0.29) is 0 Å². The van der Waals surface area contributed by atoms with Crippen molar-refractivity contribution in [3.63, 3.8) is 0 Å². The zero-order chi connectivity index (χ0) is 19.6. The first-order valence-corrected chi connectivity index (χ1v) is 12.9. The maximum Gasteiger partial charge on any atom is 0.142 e. The Bertz CT molecular complexity index is 992. The van der Waals surface area contributed by atoms with Gasteiger partial charge in [-0.3, -0.25) is 0 Å². The molecule has 0 unspecified atom stereocenters. The Morgan fingerprint density at radius 3 is 2.59 bits per heavy atom. The lowest BCUT2D eigenvalue weighted by Gasteiger charge is -2.18. The van der Waals surface area contributed by atoms with Gasteiger partial charge in [-0.2, -0.15) is 0 Å². The number of thioether (sulfide) groups is 1. The predicted molar refractivity (Wildman–Crippen MR) is 126 cm³/mol. The number of benzene rings is 1. The van der Waals surface area contributed by atoms with Crippen molar-refractivity contribution < 1.29 is 0 Å². The van der Waals surface area contributed by atoms with E-state index in [0.717, 1.165) is 22.4 Å². The van der Waals surface area contributed by atoms with Crippen LogP contribution in [-0.2, 0) is 18.6 Å². The van der Waals surface area contributed by atoms with Crippen molar-refractivity contribution in [2.24, 2.45) is 0 Å². The molecule has 2 aromatic heterocycles. The summed E-state index contributed by atoms with van der Waals surface area (Å²) in [6.07, 6.45) is 11.6. The highest BCUT2D eigenvalue weighted by Gasteiger charge is 2.24. The number of hydrogen-bond acceptors (Lipinski definition) is 5. The summed E-state index contributed by atoms with van der Waals surface area (Å²) in [6, 6.07) is 8.56. The van der Waals surface area contributed by atoms with Crippen LogP contribution in [0.25, 0.3) is 10.2 Å². The summed E-state index contributed by atoms with van der Waals surface area (Å²) in [6.45, 7) is 0. The van der Waals surface area contributed by atoms with Crippen LogP contribution in [0, 0.1) is 0 Å². The van der Waals surface area contributed by atoms with E-state index in [0.29, 0.717) is 6.04 Å². The van der Waals surface area contributed by atoms with Crippen molar-refractivity contribution >= 4 is 50.7 Å². The lowest BCUT2D eigenvalue weighted by molar-refractivity contribution is 0.618. The third-order valence-corrected chi connectivity index (χ3v) is 8.43. The third kappa shape index (κ3) is 4.42. The molecule has 3 nitrogen and oxygen atoms in total. The predicted octanol–water partition coefficient (Wildman–Crippen LogP) is 7.26. The van der Waals surface area contributed by atoms with Crippen LogP contribution in [0.1, 0.15) is 61.2 Å². The molecular formula is C23H26ClN3S2. The molecule has 0 spiro atoms. The van der Waals surface area contributed by atoms with Crippen molar-refractivity contribution in [2.45, 2.75) is 74.5 Å². The Labute approximate surface area is 185 Å². The van der Waals surface area contributed by atoms with Gasteiger partial charge in [0.05, 0.1) is 11.1 Å². The smallest absolute Gasteiger partial charge is 0.142 e. The van der Waals surface area contributed by atoms with Crippen LogP contribution in [0.15, 0.2) is 29.2 Å². The molecule has 5 rings (SSSR count). The Balaban J connectivity index is 1.44. The number of aromatic nitrogens is 2. The zero-order valence-corrected chi connectivity index (χ0v) is 18.9. The van der Waals surface area contributed by atoms with E-state index in [1.807, 2.05) is 23.5 Å². The molecule has 0 aliphatic heterocycles. The van der Waals surface area contributed by atoms with Gasteiger partial charge in [0.1, 0.15) is 16.5 Å². The van der Waals surface area contributed by atoms with Crippen LogP contribution in [0.2, 0.25) is 5.02 Å². The average Bonchev–Trinajstić information content (AvgIpc) is 3.20. The van der Waals surface area contributed by atoms with Gasteiger partial charge in [-0.1, -0.05) is 37.3 Å². The van der Waals surface area contributed by atoms with Gasteiger partial charge in [-0.25, -0.2) is 9.97 Å². The van der Waals surface area contributed by atoms with Crippen molar-refractivity contribution in [2.75, 3.05) is 5.32 Å². The van der Waals surface area contributed by atoms with E-state index in [9.17, 15) is 0 Å². The van der Waals surface area contributed by atoms with E-state index in [1.54, 1.807) is 11.8 Å². The average molecular weight is 444 g/mol. The zero-order valence-electron chi connectivity index (χ0n) is 16.5. The Morgan fingerprint density at radius 1 is 1.00 bits per heavy atom. The van der Waals surface area contributed by atoms with Gasteiger partial charge in [0.2, 0.25) is 0 Å². The van der Waals surface area contributed by atoms with Gasteiger partial charge in [-0.15, -0.1) is 23.1 Å². The molecule has 29 heavy (non-hydrogen) atoms. The third-order valence-electron chi connectivity index (χ3n) is 5.99. The van der Waals surface area contributed by atoms with E-state index in [4.69, 9.17) is 21.6 Å². The fourth-order valence-electron chi connectivity index (χ4n) is 4.50. The number of nitrogens with one attached hydrogen (secondary N) is 1. The molecule has 2 aliphatic carbocycles. The molecule has 0 atom stereocenters. The molecule has 0 saturated heterocycles. The number of thiophene rings is 1. The fraction of sp³-hybridized carbons (Fsp3) is 0.478. The first-order valence-electron chi connectivity index (χ1n) is 10.7. The molecule has 0 bridgehead atoms. The molecule has 2 aliphatic rings. The highest BCUT2D eigenvalue weighted by molar-refractivity contribution is 7.98.